The predicted molar refractivity (Wildman–Crippen MR) is 91.2 cm³/mol. The van der Waals surface area contributed by atoms with Gasteiger partial charge in [0.05, 0.1) is 0 Å². The van der Waals surface area contributed by atoms with Gasteiger partial charge in [-0.3, -0.25) is 14.3 Å². The SMILES string of the molecule is C[C@@H](CCNC(=O)c1cc2n(n1)CCCC2)NC(=O)c1ccns1. The largest absolute Gasteiger partial charge is 0.351 e. The van der Waals surface area contributed by atoms with Gasteiger partial charge in [-0.1, -0.05) is 0 Å². The summed E-state index contributed by atoms with van der Waals surface area (Å²) in [6.45, 7) is 3.30. The first-order valence-electron chi connectivity index (χ1n) is 8.20. The number of carbonyl (C=O) groups is 2. The van der Waals surface area contributed by atoms with Gasteiger partial charge in [-0.05, 0) is 56.3 Å². The molecule has 0 aromatic carbocycles. The molecule has 2 N–H and O–H groups in total. The number of hydrogen-bond donors (Lipinski definition) is 2. The molecule has 0 saturated heterocycles. The molecule has 3 rings (SSSR count). The third-order valence-electron chi connectivity index (χ3n) is 4.05. The summed E-state index contributed by atoms with van der Waals surface area (Å²) in [5, 5.41) is 10.1. The van der Waals surface area contributed by atoms with Gasteiger partial charge in [-0.2, -0.15) is 5.10 Å². The van der Waals surface area contributed by atoms with Crippen molar-refractivity contribution in [3.8, 4) is 0 Å². The second-order valence-electron chi connectivity index (χ2n) is 6.00. The Morgan fingerprint density at radius 2 is 2.25 bits per heavy atom. The number of fused-ring (bicyclic) bond motifs is 1. The van der Waals surface area contributed by atoms with Gasteiger partial charge < -0.3 is 10.6 Å². The van der Waals surface area contributed by atoms with Crippen LogP contribution in [-0.2, 0) is 13.0 Å². The van der Waals surface area contributed by atoms with E-state index in [4.69, 9.17) is 0 Å². The Morgan fingerprint density at radius 3 is 3.00 bits per heavy atom. The topological polar surface area (TPSA) is 88.9 Å². The fourth-order valence-electron chi connectivity index (χ4n) is 2.72. The Morgan fingerprint density at radius 1 is 1.38 bits per heavy atom. The molecule has 1 aliphatic rings. The third-order valence-corrected chi connectivity index (χ3v) is 4.80. The Hall–Kier alpha value is -2.22. The van der Waals surface area contributed by atoms with Crippen molar-refractivity contribution in [1.82, 2.24) is 24.8 Å². The smallest absolute Gasteiger partial charge is 0.271 e. The average Bonchev–Trinajstić information content (AvgIpc) is 3.24. The molecule has 0 saturated carbocycles. The Labute approximate surface area is 144 Å². The molecule has 0 unspecified atom stereocenters. The van der Waals surface area contributed by atoms with Crippen molar-refractivity contribution in [1.29, 1.82) is 0 Å². The van der Waals surface area contributed by atoms with Crippen LogP contribution in [0.1, 0.15) is 52.0 Å². The van der Waals surface area contributed by atoms with Gasteiger partial charge >= 0.3 is 0 Å². The summed E-state index contributed by atoms with van der Waals surface area (Å²) in [4.78, 5) is 24.7. The molecule has 0 fully saturated rings. The van der Waals surface area contributed by atoms with Gasteiger partial charge in [0, 0.05) is 31.0 Å². The van der Waals surface area contributed by atoms with Crippen LogP contribution in [0.15, 0.2) is 18.3 Å². The zero-order valence-electron chi connectivity index (χ0n) is 13.6. The first kappa shape index (κ1) is 16.6. The average molecular weight is 347 g/mol. The van der Waals surface area contributed by atoms with E-state index in [0.717, 1.165) is 31.5 Å². The number of amides is 2. The molecule has 0 radical (unpaired) electrons. The highest BCUT2D eigenvalue weighted by Gasteiger charge is 2.17. The molecular formula is C16H21N5O2S. The van der Waals surface area contributed by atoms with Crippen molar-refractivity contribution in [2.45, 2.75) is 45.2 Å². The number of nitrogens with zero attached hydrogens (tertiary/aromatic N) is 3. The lowest BCUT2D eigenvalue weighted by Crippen LogP contribution is -2.35. The number of aromatic nitrogens is 3. The van der Waals surface area contributed by atoms with Crippen LogP contribution >= 0.6 is 11.5 Å². The molecular weight excluding hydrogens is 326 g/mol. The minimum absolute atomic E-state index is 0.0323. The zero-order valence-corrected chi connectivity index (χ0v) is 14.4. The van der Waals surface area contributed by atoms with Crippen molar-refractivity contribution in [3.05, 3.63) is 34.6 Å². The summed E-state index contributed by atoms with van der Waals surface area (Å²) in [5.41, 5.74) is 1.62. The van der Waals surface area contributed by atoms with E-state index in [-0.39, 0.29) is 17.9 Å². The molecule has 0 spiro atoms. The van der Waals surface area contributed by atoms with Gasteiger partial charge in [0.25, 0.3) is 11.8 Å². The molecule has 128 valence electrons. The monoisotopic (exact) mass is 347 g/mol. The van der Waals surface area contributed by atoms with Crippen LogP contribution in [0.4, 0.5) is 0 Å². The standard InChI is InChI=1S/C16H21N5O2S/c1-11(19-16(23)14-6-8-18-24-14)5-7-17-15(22)13-10-12-4-2-3-9-21(12)20-13/h6,8,10-11H,2-5,7,9H2,1H3,(H,17,22)(H,19,23)/t11-/m0/s1. The van der Waals surface area contributed by atoms with E-state index in [2.05, 4.69) is 20.1 Å². The van der Waals surface area contributed by atoms with Crippen LogP contribution < -0.4 is 10.6 Å². The molecule has 3 heterocycles. The van der Waals surface area contributed by atoms with E-state index in [0.29, 0.717) is 23.5 Å². The maximum atomic E-state index is 12.2. The van der Waals surface area contributed by atoms with Gasteiger partial charge in [0.15, 0.2) is 0 Å². The van der Waals surface area contributed by atoms with Crippen LogP contribution in [-0.4, -0.2) is 38.6 Å². The highest BCUT2D eigenvalue weighted by Crippen LogP contribution is 2.15. The van der Waals surface area contributed by atoms with Crippen LogP contribution in [0, 0.1) is 0 Å². The minimum atomic E-state index is -0.155. The third kappa shape index (κ3) is 4.00. The van der Waals surface area contributed by atoms with E-state index in [1.165, 1.54) is 11.5 Å². The van der Waals surface area contributed by atoms with Crippen molar-refractivity contribution in [2.24, 2.45) is 0 Å². The van der Waals surface area contributed by atoms with E-state index < -0.39 is 0 Å². The van der Waals surface area contributed by atoms with Crippen molar-refractivity contribution in [3.63, 3.8) is 0 Å². The van der Waals surface area contributed by atoms with Crippen molar-refractivity contribution >= 4 is 23.3 Å². The lowest BCUT2D eigenvalue weighted by atomic mass is 10.1. The first-order valence-corrected chi connectivity index (χ1v) is 8.97. The van der Waals surface area contributed by atoms with E-state index in [1.807, 2.05) is 17.7 Å². The molecule has 24 heavy (non-hydrogen) atoms. The molecule has 8 heteroatoms. The highest BCUT2D eigenvalue weighted by atomic mass is 32.1. The Kier molecular flexibility index (Phi) is 5.24. The van der Waals surface area contributed by atoms with Crippen LogP contribution in [0.3, 0.4) is 0 Å². The van der Waals surface area contributed by atoms with Gasteiger partial charge in [0.1, 0.15) is 10.6 Å². The summed E-state index contributed by atoms with van der Waals surface area (Å²) in [7, 11) is 0. The number of carbonyl (C=O) groups excluding carboxylic acids is 2. The molecule has 7 nitrogen and oxygen atoms in total. The maximum absolute atomic E-state index is 12.2. The number of nitrogens with one attached hydrogen (secondary N) is 2. The molecule has 1 aliphatic heterocycles. The van der Waals surface area contributed by atoms with Crippen molar-refractivity contribution < 1.29 is 9.59 Å². The lowest BCUT2D eigenvalue weighted by molar-refractivity contribution is 0.0939. The summed E-state index contributed by atoms with van der Waals surface area (Å²) in [6, 6.07) is 3.54. The number of rotatable bonds is 6. The number of hydrogen-bond acceptors (Lipinski definition) is 5. The van der Waals surface area contributed by atoms with Crippen LogP contribution in [0.2, 0.25) is 0 Å². The Bertz CT molecular complexity index is 687. The van der Waals surface area contributed by atoms with Crippen molar-refractivity contribution in [2.75, 3.05) is 6.54 Å². The fraction of sp³-hybridized carbons (Fsp3) is 0.500. The zero-order chi connectivity index (χ0) is 16.9. The van der Waals surface area contributed by atoms with Gasteiger partial charge in [-0.15, -0.1) is 0 Å². The quantitative estimate of drug-likeness (QED) is 0.831. The molecule has 0 aliphatic carbocycles. The second kappa shape index (κ2) is 7.57. The summed E-state index contributed by atoms with van der Waals surface area (Å²) in [5.74, 6) is -0.281. The van der Waals surface area contributed by atoms with Crippen LogP contribution in [0.5, 0.6) is 0 Å². The molecule has 1 atom stereocenters. The second-order valence-corrected chi connectivity index (χ2v) is 6.83. The van der Waals surface area contributed by atoms with Gasteiger partial charge in [0.2, 0.25) is 0 Å². The minimum Gasteiger partial charge on any atom is -0.351 e. The molecule has 2 aromatic heterocycles. The van der Waals surface area contributed by atoms with Crippen LogP contribution in [0.25, 0.3) is 0 Å². The van der Waals surface area contributed by atoms with Gasteiger partial charge in [-0.25, -0.2) is 4.37 Å². The van der Waals surface area contributed by atoms with E-state index >= 15 is 0 Å². The Balaban J connectivity index is 1.43. The summed E-state index contributed by atoms with van der Waals surface area (Å²) < 4.78 is 5.84. The lowest BCUT2D eigenvalue weighted by Gasteiger charge is -2.13. The normalized spacial score (nSPS) is 14.7. The fourth-order valence-corrected chi connectivity index (χ4v) is 3.22. The summed E-state index contributed by atoms with van der Waals surface area (Å²) in [6.07, 6.45) is 5.52. The summed E-state index contributed by atoms with van der Waals surface area (Å²) >= 11 is 1.17. The maximum Gasteiger partial charge on any atom is 0.271 e. The molecule has 2 amide bonds. The highest BCUT2D eigenvalue weighted by molar-refractivity contribution is 7.08. The molecule has 2 aromatic rings. The first-order chi connectivity index (χ1) is 11.6. The number of aryl methyl sites for hydroxylation is 2. The predicted octanol–water partition coefficient (Wildman–Crippen LogP) is 1.61. The van der Waals surface area contributed by atoms with E-state index in [1.54, 1.807) is 12.3 Å². The van der Waals surface area contributed by atoms with E-state index in [9.17, 15) is 9.59 Å². The molecule has 0 bridgehead atoms.